The van der Waals surface area contributed by atoms with Crippen LogP contribution in [0.2, 0.25) is 0 Å². The first kappa shape index (κ1) is 19.6. The number of aryl methyl sites for hydroxylation is 1. The van der Waals surface area contributed by atoms with Gasteiger partial charge >= 0.3 is 0 Å². The van der Waals surface area contributed by atoms with Crippen molar-refractivity contribution < 1.29 is 14.3 Å². The zero-order chi connectivity index (χ0) is 19.2. The molecule has 0 saturated carbocycles. The van der Waals surface area contributed by atoms with Gasteiger partial charge in [-0.3, -0.25) is 24.4 Å². The van der Waals surface area contributed by atoms with Crippen LogP contribution in [0.1, 0.15) is 12.0 Å². The maximum atomic E-state index is 12.8. The van der Waals surface area contributed by atoms with Crippen LogP contribution in [0.3, 0.4) is 0 Å². The van der Waals surface area contributed by atoms with Gasteiger partial charge in [0.1, 0.15) is 0 Å². The molecule has 27 heavy (non-hydrogen) atoms. The number of thiocarbonyl (C=S) groups is 1. The lowest BCUT2D eigenvalue weighted by atomic mass is 10.1. The first-order valence-corrected chi connectivity index (χ1v) is 9.52. The lowest BCUT2D eigenvalue weighted by molar-refractivity contribution is -0.130. The molecule has 2 aliphatic heterocycles. The summed E-state index contributed by atoms with van der Waals surface area (Å²) in [5.41, 5.74) is 1.66. The topological polar surface area (TPSA) is 74.2 Å². The Kier molecular flexibility index (Phi) is 6.65. The maximum Gasteiger partial charge on any atom is 0.251 e. The van der Waals surface area contributed by atoms with Gasteiger partial charge in [-0.1, -0.05) is 12.1 Å². The van der Waals surface area contributed by atoms with Crippen molar-refractivity contribution in [2.45, 2.75) is 13.3 Å². The predicted octanol–water partition coefficient (Wildman–Crippen LogP) is 1.15. The molecule has 0 aliphatic carbocycles. The number of aliphatic imine (C=N–C) groups is 1. The fourth-order valence-electron chi connectivity index (χ4n) is 3.12. The summed E-state index contributed by atoms with van der Waals surface area (Å²) in [7, 11) is 0. The molecular weight excluding hydrogens is 364 g/mol. The number of nitrogens with one attached hydrogen (secondary N) is 1. The Labute approximate surface area is 164 Å². The molecule has 2 amide bonds. The van der Waals surface area contributed by atoms with Crippen LogP contribution in [0.4, 0.5) is 5.69 Å². The molecule has 144 valence electrons. The van der Waals surface area contributed by atoms with E-state index in [1.807, 2.05) is 25.1 Å². The Morgan fingerprint density at radius 1 is 1.33 bits per heavy atom. The zero-order valence-electron chi connectivity index (χ0n) is 15.4. The quantitative estimate of drug-likeness (QED) is 0.343. The number of anilines is 1. The second kappa shape index (κ2) is 9.16. The van der Waals surface area contributed by atoms with E-state index in [2.05, 4.69) is 15.2 Å². The van der Waals surface area contributed by atoms with Crippen LogP contribution in [0, 0.1) is 12.8 Å². The standard InChI is InChI=1S/C19H24N4O3S/c1-14-4-2-5-15(12-14)23-18(25)16(17(24)21-19(23)27)13-20-6-3-7-22-8-10-26-11-9-22/h2,4-5,12-13,16H,3,6-11H2,1H3,(H,21,24,27)/t16-/m0/s1. The SMILES string of the molecule is Cc1cccc(N2C(=O)[C@@H](C=NCCCN3CCOCC3)C(=O)NC2=S)c1. The fourth-order valence-corrected chi connectivity index (χ4v) is 3.42. The molecule has 2 saturated heterocycles. The summed E-state index contributed by atoms with van der Waals surface area (Å²) in [4.78, 5) is 33.1. The highest BCUT2D eigenvalue weighted by molar-refractivity contribution is 7.80. The van der Waals surface area contributed by atoms with Gasteiger partial charge in [-0.2, -0.15) is 0 Å². The third-order valence-electron chi connectivity index (χ3n) is 4.58. The van der Waals surface area contributed by atoms with Crippen LogP contribution in [0.5, 0.6) is 0 Å². The first-order chi connectivity index (χ1) is 13.1. The summed E-state index contributed by atoms with van der Waals surface area (Å²) in [6.07, 6.45) is 2.32. The van der Waals surface area contributed by atoms with Crippen LogP contribution in [-0.4, -0.2) is 67.4 Å². The molecule has 1 atom stereocenters. The van der Waals surface area contributed by atoms with E-state index < -0.39 is 11.8 Å². The molecule has 0 radical (unpaired) electrons. The molecule has 8 heteroatoms. The van der Waals surface area contributed by atoms with Gasteiger partial charge in [-0.05, 0) is 43.3 Å². The van der Waals surface area contributed by atoms with E-state index in [9.17, 15) is 9.59 Å². The van der Waals surface area contributed by atoms with Crippen molar-refractivity contribution in [1.29, 1.82) is 0 Å². The summed E-state index contributed by atoms with van der Waals surface area (Å²) in [5, 5.41) is 2.71. The Bertz CT molecular complexity index is 746. The number of carbonyl (C=O) groups excluding carboxylic acids is 2. The van der Waals surface area contributed by atoms with Crippen molar-refractivity contribution in [2.75, 3.05) is 44.3 Å². The summed E-state index contributed by atoms with van der Waals surface area (Å²) >= 11 is 5.20. The summed E-state index contributed by atoms with van der Waals surface area (Å²) in [6, 6.07) is 7.45. The van der Waals surface area contributed by atoms with Crippen molar-refractivity contribution >= 4 is 41.0 Å². The molecule has 1 N–H and O–H groups in total. The van der Waals surface area contributed by atoms with Gasteiger partial charge in [0.25, 0.3) is 5.91 Å². The van der Waals surface area contributed by atoms with Gasteiger partial charge in [-0.25, -0.2) is 0 Å². The van der Waals surface area contributed by atoms with Crippen molar-refractivity contribution in [3.8, 4) is 0 Å². The number of ether oxygens (including phenoxy) is 1. The molecule has 0 unspecified atom stereocenters. The molecule has 2 heterocycles. The van der Waals surface area contributed by atoms with Gasteiger partial charge < -0.3 is 10.1 Å². The van der Waals surface area contributed by atoms with Gasteiger partial charge in [0, 0.05) is 32.4 Å². The molecule has 0 spiro atoms. The molecule has 2 aliphatic rings. The number of carbonyl (C=O) groups is 2. The van der Waals surface area contributed by atoms with E-state index in [4.69, 9.17) is 17.0 Å². The van der Waals surface area contributed by atoms with E-state index in [0.29, 0.717) is 12.2 Å². The van der Waals surface area contributed by atoms with Crippen LogP contribution in [0.15, 0.2) is 29.3 Å². The fraction of sp³-hybridized carbons (Fsp3) is 0.474. The summed E-state index contributed by atoms with van der Waals surface area (Å²) in [6.45, 7) is 6.87. The smallest absolute Gasteiger partial charge is 0.251 e. The highest BCUT2D eigenvalue weighted by atomic mass is 32.1. The molecule has 0 aromatic heterocycles. The Morgan fingerprint density at radius 2 is 2.11 bits per heavy atom. The number of hydrogen-bond acceptors (Lipinski definition) is 6. The van der Waals surface area contributed by atoms with Crippen LogP contribution in [0.25, 0.3) is 0 Å². The number of nitrogens with zero attached hydrogens (tertiary/aromatic N) is 3. The summed E-state index contributed by atoms with van der Waals surface area (Å²) < 4.78 is 5.32. The normalized spacial score (nSPS) is 21.7. The minimum Gasteiger partial charge on any atom is -0.379 e. The molecular formula is C19H24N4O3S. The van der Waals surface area contributed by atoms with Gasteiger partial charge in [0.05, 0.1) is 18.9 Å². The molecule has 7 nitrogen and oxygen atoms in total. The molecule has 2 fully saturated rings. The van der Waals surface area contributed by atoms with E-state index in [1.165, 1.54) is 11.1 Å². The Balaban J connectivity index is 1.59. The lowest BCUT2D eigenvalue weighted by Crippen LogP contribution is -2.58. The highest BCUT2D eigenvalue weighted by Crippen LogP contribution is 2.21. The maximum absolute atomic E-state index is 12.8. The summed E-state index contributed by atoms with van der Waals surface area (Å²) in [5.74, 6) is -1.75. The minimum atomic E-state index is -0.958. The van der Waals surface area contributed by atoms with Crippen molar-refractivity contribution in [3.63, 3.8) is 0 Å². The van der Waals surface area contributed by atoms with E-state index in [-0.39, 0.29) is 11.0 Å². The van der Waals surface area contributed by atoms with E-state index in [1.54, 1.807) is 6.07 Å². The molecule has 1 aromatic carbocycles. The van der Waals surface area contributed by atoms with E-state index >= 15 is 0 Å². The number of rotatable bonds is 6. The van der Waals surface area contributed by atoms with Crippen molar-refractivity contribution in [3.05, 3.63) is 29.8 Å². The van der Waals surface area contributed by atoms with E-state index in [0.717, 1.165) is 44.8 Å². The predicted molar refractivity (Wildman–Crippen MR) is 108 cm³/mol. The second-order valence-corrected chi connectivity index (χ2v) is 7.03. The second-order valence-electron chi connectivity index (χ2n) is 6.65. The molecule has 1 aromatic rings. The average Bonchev–Trinajstić information content (AvgIpc) is 2.64. The number of amides is 2. The third kappa shape index (κ3) is 4.97. The van der Waals surface area contributed by atoms with Crippen molar-refractivity contribution in [1.82, 2.24) is 10.2 Å². The molecule has 0 bridgehead atoms. The number of hydrogen-bond donors (Lipinski definition) is 1. The zero-order valence-corrected chi connectivity index (χ0v) is 16.2. The third-order valence-corrected chi connectivity index (χ3v) is 4.87. The van der Waals surface area contributed by atoms with Crippen molar-refractivity contribution in [2.24, 2.45) is 10.9 Å². The van der Waals surface area contributed by atoms with Gasteiger partial charge in [0.15, 0.2) is 11.0 Å². The molecule has 3 rings (SSSR count). The van der Waals surface area contributed by atoms with Crippen LogP contribution in [-0.2, 0) is 14.3 Å². The lowest BCUT2D eigenvalue weighted by Gasteiger charge is -2.31. The highest BCUT2D eigenvalue weighted by Gasteiger charge is 2.38. The number of benzene rings is 1. The van der Waals surface area contributed by atoms with Gasteiger partial charge in [0.2, 0.25) is 5.91 Å². The van der Waals surface area contributed by atoms with Crippen LogP contribution < -0.4 is 10.2 Å². The number of morpholine rings is 1. The first-order valence-electron chi connectivity index (χ1n) is 9.12. The Morgan fingerprint density at radius 3 is 2.85 bits per heavy atom. The largest absolute Gasteiger partial charge is 0.379 e. The van der Waals surface area contributed by atoms with Gasteiger partial charge in [-0.15, -0.1) is 0 Å². The Hall–Kier alpha value is -2.16. The van der Waals surface area contributed by atoms with Crippen LogP contribution >= 0.6 is 12.2 Å². The minimum absolute atomic E-state index is 0.104. The average molecular weight is 388 g/mol. The monoisotopic (exact) mass is 388 g/mol.